The van der Waals surface area contributed by atoms with Crippen molar-refractivity contribution in [2.24, 2.45) is 0 Å². The topological polar surface area (TPSA) is 13.0 Å². The molecule has 0 amide bonds. The van der Waals surface area contributed by atoms with E-state index >= 15 is 0 Å². The van der Waals surface area contributed by atoms with Gasteiger partial charge in [0.15, 0.2) is 0 Å². The van der Waals surface area contributed by atoms with Crippen LogP contribution in [0.4, 0.5) is 62.6 Å². The summed E-state index contributed by atoms with van der Waals surface area (Å²) in [6, 6.07) is 95.0. The molecule has 2 heterocycles. The number of fused-ring (bicyclic) bond motifs is 13. The molecule has 0 saturated carbocycles. The predicted octanol–water partition coefficient (Wildman–Crippen LogP) is 22.6. The van der Waals surface area contributed by atoms with Crippen molar-refractivity contribution in [3.63, 3.8) is 0 Å². The Balaban J connectivity index is 0.797. The lowest BCUT2D eigenvalue weighted by Gasteiger charge is -2.41. The summed E-state index contributed by atoms with van der Waals surface area (Å²) >= 11 is 0. The first-order valence-corrected chi connectivity index (χ1v) is 31.2. The van der Waals surface area contributed by atoms with E-state index in [4.69, 9.17) is 0 Å². The van der Waals surface area contributed by atoms with E-state index in [1.807, 2.05) is 13.0 Å². The Kier molecular flexibility index (Phi) is 12.9. The Morgan fingerprint density at radius 1 is 0.371 bits per heavy atom. The van der Waals surface area contributed by atoms with Gasteiger partial charge in [-0.25, -0.2) is 0 Å². The fourth-order valence-corrected chi connectivity index (χ4v) is 15.6. The van der Waals surface area contributed by atoms with E-state index in [9.17, 15) is 0 Å². The van der Waals surface area contributed by atoms with E-state index in [1.54, 1.807) is 0 Å². The van der Waals surface area contributed by atoms with Crippen LogP contribution in [0.2, 0.25) is 0 Å². The molecule has 0 bridgehead atoms. The lowest BCUT2D eigenvalue weighted by atomic mass is 9.66. The van der Waals surface area contributed by atoms with Crippen LogP contribution >= 0.6 is 0 Å². The maximum absolute atomic E-state index is 4.59. The first-order valence-electron chi connectivity index (χ1n) is 31.2. The normalized spacial score (nSPS) is 16.4. The third-order valence-electron chi connectivity index (χ3n) is 19.2. The van der Waals surface area contributed by atoms with Gasteiger partial charge in [-0.15, -0.1) is 0 Å². The average Bonchev–Trinajstić information content (AvgIpc) is 1.59. The summed E-state index contributed by atoms with van der Waals surface area (Å²) < 4.78 is 0. The van der Waals surface area contributed by atoms with Crippen molar-refractivity contribution in [1.29, 1.82) is 0 Å². The lowest BCUT2D eigenvalue weighted by molar-refractivity contribution is 0.563. The third kappa shape index (κ3) is 8.27. The average molecular weight is 1140 g/mol. The molecule has 89 heavy (non-hydrogen) atoms. The highest BCUT2D eigenvalue weighted by Gasteiger charge is 2.49. The zero-order valence-corrected chi connectivity index (χ0v) is 50.4. The standard InChI is InChI=1S/C85H66N4/c1-5-8-11-27-58(4)86-76-34-18-20-36-78(76)88(79-37-21-19-35-77(79)86)66-46-50-69-68-48-44-59(52-72(68)84(73(69)54-66)56-61-28-16-17-29-62(61)57-84)42-43-60-45-49-70-71-51-47-67(55-75(71)85(74(70)53-60,63(7-3)26-6-2)64-30-12-9-13-31-64)89-82-40-24-22-38-80(82)87(65-32-14-10-15-33-65)81-39-23-25-41-83(81)89/h5-55H,4,56-57H2,1-3H3/b8-5-,26-6-,27-11-,43-42+,63-7+. The van der Waals surface area contributed by atoms with E-state index in [0.29, 0.717) is 0 Å². The van der Waals surface area contributed by atoms with Crippen molar-refractivity contribution in [3.05, 3.63) is 365 Å². The number of nitrogens with zero attached hydrogens (tertiary/aromatic N) is 4. The van der Waals surface area contributed by atoms with Crippen LogP contribution in [0.5, 0.6) is 0 Å². The molecule has 3 aliphatic carbocycles. The number of allylic oxidation sites excluding steroid dienone is 8. The lowest BCUT2D eigenvalue weighted by Crippen LogP contribution is -2.29. The van der Waals surface area contributed by atoms with Gasteiger partial charge >= 0.3 is 0 Å². The first-order chi connectivity index (χ1) is 43.9. The fourth-order valence-electron chi connectivity index (χ4n) is 15.6. The van der Waals surface area contributed by atoms with Crippen LogP contribution in [-0.2, 0) is 23.7 Å². The minimum absolute atomic E-state index is 0.246. The van der Waals surface area contributed by atoms with Gasteiger partial charge in [-0.2, -0.15) is 0 Å². The Hall–Kier alpha value is -10.9. The molecule has 11 aromatic rings. The molecule has 2 aliphatic heterocycles. The fraction of sp³-hybridized carbons (Fsp3) is 0.0824. The molecule has 4 heteroatoms. The highest BCUT2D eigenvalue weighted by molar-refractivity contribution is 6.03. The number of rotatable bonds is 11. The van der Waals surface area contributed by atoms with Crippen LogP contribution in [0.15, 0.2) is 315 Å². The Morgan fingerprint density at radius 2 is 0.775 bits per heavy atom. The smallest absolute Gasteiger partial charge is 0.0711 e. The highest BCUT2D eigenvalue weighted by Crippen LogP contribution is 2.62. The monoisotopic (exact) mass is 1140 g/mol. The molecule has 5 aliphatic rings. The largest absolute Gasteiger partial charge is 0.307 e. The van der Waals surface area contributed by atoms with Gasteiger partial charge in [-0.3, -0.25) is 0 Å². The van der Waals surface area contributed by atoms with Gasteiger partial charge < -0.3 is 19.6 Å². The van der Waals surface area contributed by atoms with Crippen molar-refractivity contribution in [1.82, 2.24) is 0 Å². The molecule has 0 fully saturated rings. The van der Waals surface area contributed by atoms with E-state index < -0.39 is 5.41 Å². The molecule has 0 aromatic heterocycles. The highest BCUT2D eigenvalue weighted by atomic mass is 15.3. The second kappa shape index (κ2) is 21.5. The first kappa shape index (κ1) is 53.5. The summed E-state index contributed by atoms with van der Waals surface area (Å²) in [7, 11) is 0. The van der Waals surface area contributed by atoms with Crippen LogP contribution in [0.1, 0.15) is 70.8 Å². The van der Waals surface area contributed by atoms with Crippen molar-refractivity contribution in [2.75, 3.05) is 19.6 Å². The quantitative estimate of drug-likeness (QED) is 0.0945. The number of anilines is 11. The van der Waals surface area contributed by atoms with Gasteiger partial charge in [-0.1, -0.05) is 219 Å². The summed E-state index contributed by atoms with van der Waals surface area (Å²) in [6.07, 6.45) is 21.7. The molecular formula is C85H66N4. The van der Waals surface area contributed by atoms with Crippen LogP contribution in [0.25, 0.3) is 34.4 Å². The van der Waals surface area contributed by atoms with E-state index in [2.05, 4.69) is 343 Å². The molecule has 426 valence electrons. The second-order valence-electron chi connectivity index (χ2n) is 24.0. The second-order valence-corrected chi connectivity index (χ2v) is 24.0. The maximum Gasteiger partial charge on any atom is 0.0711 e. The van der Waals surface area contributed by atoms with Crippen LogP contribution < -0.4 is 19.6 Å². The summed E-state index contributed by atoms with van der Waals surface area (Å²) in [5.74, 6) is 0. The summed E-state index contributed by atoms with van der Waals surface area (Å²) in [6.45, 7) is 11.0. The van der Waals surface area contributed by atoms with Gasteiger partial charge in [-0.05, 0) is 209 Å². The molecule has 1 unspecified atom stereocenters. The molecule has 4 nitrogen and oxygen atoms in total. The number of para-hydroxylation sites is 9. The maximum atomic E-state index is 4.59. The summed E-state index contributed by atoms with van der Waals surface area (Å²) in [5, 5.41) is 0. The van der Waals surface area contributed by atoms with Crippen molar-refractivity contribution in [2.45, 2.75) is 44.4 Å². The van der Waals surface area contributed by atoms with Crippen LogP contribution in [0.3, 0.4) is 0 Å². The molecule has 11 aromatic carbocycles. The predicted molar refractivity (Wildman–Crippen MR) is 375 cm³/mol. The minimum atomic E-state index is -0.629. The SMILES string of the molecule is C=C(/C=C\C=C/C)N1c2ccccc2N(c2ccc3c(c2)C2(Cc4ccccc4C2)c2cc(/C=C/c4ccc5c(c4)C(C(/C=C\C)=C/C)(c4ccccc4)c4cc(N6c7ccccc7N(c7ccccc7)c7ccccc76)ccc4-5)ccc2-3)c2ccccc21. The molecule has 1 atom stereocenters. The minimum Gasteiger partial charge on any atom is -0.307 e. The molecule has 0 N–H and O–H groups in total. The molecular weight excluding hydrogens is 1080 g/mol. The van der Waals surface area contributed by atoms with Crippen molar-refractivity contribution in [3.8, 4) is 22.3 Å². The number of benzene rings is 11. The van der Waals surface area contributed by atoms with Crippen molar-refractivity contribution >= 4 is 74.7 Å². The number of hydrogen-bond acceptors (Lipinski definition) is 4. The van der Waals surface area contributed by atoms with Crippen molar-refractivity contribution < 1.29 is 0 Å². The van der Waals surface area contributed by atoms with Gasteiger partial charge in [0, 0.05) is 28.2 Å². The van der Waals surface area contributed by atoms with Gasteiger partial charge in [0.25, 0.3) is 0 Å². The van der Waals surface area contributed by atoms with E-state index in [1.165, 1.54) is 72.3 Å². The van der Waals surface area contributed by atoms with Gasteiger partial charge in [0.05, 0.1) is 50.9 Å². The van der Waals surface area contributed by atoms with Gasteiger partial charge in [0.2, 0.25) is 0 Å². The zero-order chi connectivity index (χ0) is 59.8. The van der Waals surface area contributed by atoms with Gasteiger partial charge in [0.1, 0.15) is 0 Å². The Bertz CT molecular complexity index is 4710. The van der Waals surface area contributed by atoms with Crippen LogP contribution in [0, 0.1) is 0 Å². The summed E-state index contributed by atoms with van der Waals surface area (Å²) in [5.41, 5.74) is 30.5. The molecule has 0 radical (unpaired) electrons. The van der Waals surface area contributed by atoms with E-state index in [-0.39, 0.29) is 5.41 Å². The molecule has 0 saturated heterocycles. The molecule has 16 rings (SSSR count). The van der Waals surface area contributed by atoms with E-state index in [0.717, 1.165) is 86.7 Å². The zero-order valence-electron chi connectivity index (χ0n) is 50.4. The van der Waals surface area contributed by atoms with Crippen LogP contribution in [-0.4, -0.2) is 0 Å². The third-order valence-corrected chi connectivity index (χ3v) is 19.2. The Morgan fingerprint density at radius 3 is 1.28 bits per heavy atom. The number of hydrogen-bond donors (Lipinski definition) is 0. The summed E-state index contributed by atoms with van der Waals surface area (Å²) in [4.78, 5) is 9.62. The Labute approximate surface area is 523 Å². The molecule has 1 spiro atoms.